The summed E-state index contributed by atoms with van der Waals surface area (Å²) in [5.74, 6) is 0. The molecule has 0 aliphatic carbocycles. The molecule has 1 radical (unpaired) electrons. The van der Waals surface area contributed by atoms with Crippen LogP contribution in [0.3, 0.4) is 0 Å². The summed E-state index contributed by atoms with van der Waals surface area (Å²) in [6.45, 7) is 0. The predicted molar refractivity (Wildman–Crippen MR) is 12.9 cm³/mol. The normalized spacial score (nSPS) is 3.43. The molecule has 0 spiro atoms. The first-order valence-corrected chi connectivity index (χ1v) is 0.651. The van der Waals surface area contributed by atoms with Gasteiger partial charge in [-0.2, -0.15) is 0 Å². The van der Waals surface area contributed by atoms with Crippen molar-refractivity contribution in [3.63, 3.8) is 0 Å². The van der Waals surface area contributed by atoms with Gasteiger partial charge in [-0.25, -0.2) is 4.79 Å². The second kappa shape index (κ2) is 15.8. The van der Waals surface area contributed by atoms with Gasteiger partial charge in [-0.05, 0) is 0 Å². The minimum absolute atomic E-state index is 0. The monoisotopic (exact) mass is 141 g/mol. The van der Waals surface area contributed by atoms with E-state index in [1.807, 2.05) is 0 Å². The van der Waals surface area contributed by atoms with Gasteiger partial charge in [0.05, 0.1) is 0 Å². The van der Waals surface area contributed by atoms with E-state index >= 15 is 0 Å². The Morgan fingerprint density at radius 1 is 1.29 bits per heavy atom. The molecule has 7 heavy (non-hydrogen) atoms. The maximum Gasteiger partial charge on any atom is 1.00 e. The Bertz CT molecular complexity index is 42.8. The van der Waals surface area contributed by atoms with E-state index in [1.54, 1.807) is 0 Å². The molecule has 0 aromatic carbocycles. The van der Waals surface area contributed by atoms with E-state index in [-0.39, 0.29) is 57.6 Å². The van der Waals surface area contributed by atoms with E-state index in [0.29, 0.717) is 0 Å². The van der Waals surface area contributed by atoms with Gasteiger partial charge in [0.2, 0.25) is 0 Å². The van der Waals surface area contributed by atoms with E-state index in [0.717, 1.165) is 0 Å². The fourth-order valence-corrected chi connectivity index (χ4v) is 0. The molecule has 0 saturated heterocycles. The van der Waals surface area contributed by atoms with Crippen molar-refractivity contribution >= 4 is 6.16 Å². The maximum atomic E-state index is 8.56. The number of carbonyl (C=O) groups is 1. The van der Waals surface area contributed by atoms with Gasteiger partial charge in [-0.3, -0.25) is 0 Å². The van der Waals surface area contributed by atoms with Crippen molar-refractivity contribution in [1.82, 2.24) is 0 Å². The smallest absolute Gasteiger partial charge is 1.00 e. The molecular formula is CH4CuLi2O3. The van der Waals surface area contributed by atoms with Crippen molar-refractivity contribution in [3.05, 3.63) is 0 Å². The zero-order valence-corrected chi connectivity index (χ0v) is 5.05. The number of hydrogen-bond donors (Lipinski definition) is 2. The zero-order chi connectivity index (χ0) is 3.58. The van der Waals surface area contributed by atoms with Crippen LogP contribution in [0.15, 0.2) is 0 Å². The predicted octanol–water partition coefficient (Wildman–Crippen LogP) is -5.55. The van der Waals surface area contributed by atoms with Gasteiger partial charge in [0.15, 0.2) is 0 Å². The van der Waals surface area contributed by atoms with Gasteiger partial charge < -0.3 is 13.1 Å². The van der Waals surface area contributed by atoms with Crippen LogP contribution >= 0.6 is 0 Å². The van der Waals surface area contributed by atoms with E-state index in [1.165, 1.54) is 0 Å². The molecule has 0 saturated carbocycles. The van der Waals surface area contributed by atoms with E-state index in [9.17, 15) is 0 Å². The van der Waals surface area contributed by atoms with Crippen LogP contribution in [0.25, 0.3) is 0 Å². The van der Waals surface area contributed by atoms with Crippen molar-refractivity contribution in [3.8, 4) is 0 Å². The molecule has 0 bridgehead atoms. The molecule has 0 heterocycles. The average molecular weight is 141 g/mol. The Morgan fingerprint density at radius 3 is 1.29 bits per heavy atom. The summed E-state index contributed by atoms with van der Waals surface area (Å²) in [6, 6.07) is 0. The Morgan fingerprint density at radius 2 is 1.29 bits per heavy atom. The molecule has 2 N–H and O–H groups in total. The third-order valence-corrected chi connectivity index (χ3v) is 0. The molecule has 0 unspecified atom stereocenters. The summed E-state index contributed by atoms with van der Waals surface area (Å²) in [5, 5.41) is 13.9. The standard InChI is InChI=1S/CH2O3.Cu.2Li.2H/c2-1(3)4;;;;;/h(H2,2,3,4);;;;;/q;;2*+1;2*-1. The van der Waals surface area contributed by atoms with Crippen LogP contribution in [0.1, 0.15) is 2.85 Å². The number of rotatable bonds is 0. The largest absolute Gasteiger partial charge is 1.00 e. The average Bonchev–Trinajstić information content (AvgIpc) is 0.811. The van der Waals surface area contributed by atoms with Gasteiger partial charge in [-0.1, -0.05) is 0 Å². The SMILES string of the molecule is O=C(O)O.[Cu].[H-].[H-].[Li+].[Li+]. The van der Waals surface area contributed by atoms with Crippen LogP contribution in [0.5, 0.6) is 0 Å². The molecule has 0 aromatic heterocycles. The van der Waals surface area contributed by atoms with E-state index in [2.05, 4.69) is 0 Å². The molecule has 0 aliphatic heterocycles. The minimum Gasteiger partial charge on any atom is -1.00 e. The summed E-state index contributed by atoms with van der Waals surface area (Å²) in [4.78, 5) is 8.56. The van der Waals surface area contributed by atoms with Gasteiger partial charge in [0.1, 0.15) is 0 Å². The summed E-state index contributed by atoms with van der Waals surface area (Å²) < 4.78 is 0. The third kappa shape index (κ3) is 179. The van der Waals surface area contributed by atoms with Crippen LogP contribution in [-0.4, -0.2) is 16.4 Å². The Hall–Kier alpha value is 0.984. The topological polar surface area (TPSA) is 57.5 Å². The second-order valence-electron chi connectivity index (χ2n) is 0.283. The van der Waals surface area contributed by atoms with Crippen LogP contribution in [0.4, 0.5) is 4.79 Å². The van der Waals surface area contributed by atoms with Crippen LogP contribution in [0, 0.1) is 0 Å². The number of hydrogen-bond acceptors (Lipinski definition) is 1. The first-order valence-electron chi connectivity index (χ1n) is 0.651. The molecule has 0 aliphatic rings. The Kier molecular flexibility index (Phi) is 55.2. The fourth-order valence-electron chi connectivity index (χ4n) is 0. The summed E-state index contributed by atoms with van der Waals surface area (Å²) in [7, 11) is 0. The molecule has 3 nitrogen and oxygen atoms in total. The number of carboxylic acid groups (broad SMARTS) is 2. The fraction of sp³-hybridized carbons (Fsp3) is 0. The Balaban J connectivity index is -0.00000000450. The van der Waals surface area contributed by atoms with Gasteiger partial charge in [0.25, 0.3) is 0 Å². The minimum atomic E-state index is -1.83. The quantitative estimate of drug-likeness (QED) is 0.331. The molecular weight excluding hydrogens is 137 g/mol. The van der Waals surface area contributed by atoms with Crippen molar-refractivity contribution in [2.24, 2.45) is 0 Å². The van der Waals surface area contributed by atoms with Crippen LogP contribution < -0.4 is 37.7 Å². The van der Waals surface area contributed by atoms with Crippen molar-refractivity contribution < 1.29 is 72.7 Å². The van der Waals surface area contributed by atoms with Crippen molar-refractivity contribution in [2.75, 3.05) is 0 Å². The summed E-state index contributed by atoms with van der Waals surface area (Å²) in [5.41, 5.74) is 0. The van der Waals surface area contributed by atoms with Gasteiger partial charge >= 0.3 is 43.9 Å². The molecule has 0 rings (SSSR count). The maximum absolute atomic E-state index is 8.56. The summed E-state index contributed by atoms with van der Waals surface area (Å²) in [6.07, 6.45) is -1.83. The molecule has 6 heteroatoms. The summed E-state index contributed by atoms with van der Waals surface area (Å²) >= 11 is 0. The van der Waals surface area contributed by atoms with Crippen molar-refractivity contribution in [2.45, 2.75) is 0 Å². The van der Waals surface area contributed by atoms with E-state index < -0.39 is 6.16 Å². The van der Waals surface area contributed by atoms with Gasteiger partial charge in [-0.15, -0.1) is 0 Å². The second-order valence-corrected chi connectivity index (χ2v) is 0.283. The third-order valence-electron chi connectivity index (χ3n) is 0. The van der Waals surface area contributed by atoms with E-state index in [4.69, 9.17) is 15.0 Å². The van der Waals surface area contributed by atoms with Crippen LogP contribution in [-0.2, 0) is 17.1 Å². The first-order chi connectivity index (χ1) is 1.73. The molecule has 39 valence electrons. The van der Waals surface area contributed by atoms with Crippen molar-refractivity contribution in [1.29, 1.82) is 0 Å². The molecule has 0 atom stereocenters. The zero-order valence-electron chi connectivity index (χ0n) is 6.10. The van der Waals surface area contributed by atoms with Gasteiger partial charge in [0, 0.05) is 17.1 Å². The molecule has 0 amide bonds. The Labute approximate surface area is 78.6 Å². The first kappa shape index (κ1) is 24.5. The molecule has 0 aromatic rings. The molecule has 0 fully saturated rings. The van der Waals surface area contributed by atoms with Crippen LogP contribution in [0.2, 0.25) is 0 Å².